The molecule has 0 bridgehead atoms. The maximum atomic E-state index is 12.7. The zero-order valence-electron chi connectivity index (χ0n) is 12.0. The predicted molar refractivity (Wildman–Crippen MR) is 90.1 cm³/mol. The molecule has 4 nitrogen and oxygen atoms in total. The molecule has 1 aromatic carbocycles. The van der Waals surface area contributed by atoms with Gasteiger partial charge in [0.1, 0.15) is 4.90 Å². The minimum absolute atomic E-state index is 0.0880. The molecular formula is C13H20Br2N2O2S. The highest BCUT2D eigenvalue weighted by Crippen LogP contribution is 2.34. The lowest BCUT2D eigenvalue weighted by molar-refractivity contribution is 0.338. The second-order valence-corrected chi connectivity index (χ2v) is 9.01. The molecule has 0 aliphatic heterocycles. The van der Waals surface area contributed by atoms with Crippen LogP contribution in [0.3, 0.4) is 0 Å². The number of nitrogen functional groups attached to an aromatic ring is 1. The van der Waals surface area contributed by atoms with Gasteiger partial charge in [-0.05, 0) is 47.3 Å². The van der Waals surface area contributed by atoms with Crippen molar-refractivity contribution in [1.29, 1.82) is 0 Å². The number of hydrogen-bond acceptors (Lipinski definition) is 3. The van der Waals surface area contributed by atoms with E-state index in [-0.39, 0.29) is 16.6 Å². The quantitative estimate of drug-likeness (QED) is 0.725. The Balaban J connectivity index is 3.24. The minimum Gasteiger partial charge on any atom is -0.398 e. The molecule has 114 valence electrons. The maximum absolute atomic E-state index is 12.7. The third kappa shape index (κ3) is 3.96. The number of sulfonamides is 1. The summed E-state index contributed by atoms with van der Waals surface area (Å²) >= 11 is 6.58. The van der Waals surface area contributed by atoms with Crippen molar-refractivity contribution in [2.45, 2.75) is 38.1 Å². The molecule has 1 unspecified atom stereocenters. The Bertz CT molecular complexity index is 565. The summed E-state index contributed by atoms with van der Waals surface area (Å²) < 4.78 is 28.0. The Morgan fingerprint density at radius 3 is 2.25 bits per heavy atom. The van der Waals surface area contributed by atoms with Gasteiger partial charge in [-0.25, -0.2) is 8.42 Å². The van der Waals surface area contributed by atoms with Crippen LogP contribution in [0, 0.1) is 5.92 Å². The molecule has 0 radical (unpaired) electrons. The van der Waals surface area contributed by atoms with Crippen LogP contribution < -0.4 is 5.73 Å². The van der Waals surface area contributed by atoms with E-state index in [9.17, 15) is 8.42 Å². The highest BCUT2D eigenvalue weighted by Gasteiger charge is 2.29. The van der Waals surface area contributed by atoms with Crippen molar-refractivity contribution in [3.8, 4) is 0 Å². The highest BCUT2D eigenvalue weighted by molar-refractivity contribution is 9.11. The van der Waals surface area contributed by atoms with Crippen LogP contribution in [0.25, 0.3) is 0 Å². The van der Waals surface area contributed by atoms with E-state index < -0.39 is 10.0 Å². The first kappa shape index (κ1) is 17.9. The van der Waals surface area contributed by atoms with Crippen LogP contribution in [0.2, 0.25) is 0 Å². The summed E-state index contributed by atoms with van der Waals surface area (Å²) in [6, 6.07) is 3.19. The molecule has 1 atom stereocenters. The number of halogens is 2. The average molecular weight is 428 g/mol. The average Bonchev–Trinajstić information content (AvgIpc) is 2.24. The van der Waals surface area contributed by atoms with Crippen molar-refractivity contribution in [3.63, 3.8) is 0 Å². The van der Waals surface area contributed by atoms with Gasteiger partial charge < -0.3 is 5.73 Å². The molecule has 1 rings (SSSR count). The second-order valence-electron chi connectivity index (χ2n) is 5.31. The van der Waals surface area contributed by atoms with E-state index in [1.807, 2.05) is 6.92 Å². The van der Waals surface area contributed by atoms with Crippen molar-refractivity contribution in [1.82, 2.24) is 4.31 Å². The molecule has 0 saturated carbocycles. The van der Waals surface area contributed by atoms with Crippen LogP contribution in [-0.2, 0) is 10.0 Å². The molecule has 0 spiro atoms. The summed E-state index contributed by atoms with van der Waals surface area (Å²) in [5, 5.41) is 0. The van der Waals surface area contributed by atoms with E-state index >= 15 is 0 Å². The van der Waals surface area contributed by atoms with Gasteiger partial charge in [-0.2, -0.15) is 4.31 Å². The monoisotopic (exact) mass is 426 g/mol. The van der Waals surface area contributed by atoms with E-state index in [0.717, 1.165) is 10.9 Å². The Hall–Kier alpha value is -0.110. The van der Waals surface area contributed by atoms with Gasteiger partial charge in [0, 0.05) is 22.0 Å². The lowest BCUT2D eigenvalue weighted by Gasteiger charge is -2.26. The van der Waals surface area contributed by atoms with Gasteiger partial charge in [0.15, 0.2) is 0 Å². The number of nitrogens with zero attached hydrogens (tertiary/aromatic N) is 1. The van der Waals surface area contributed by atoms with Crippen molar-refractivity contribution in [2.24, 2.45) is 5.92 Å². The standard InChI is InChI=1S/C13H20Br2N2O2S/c1-8(2)5-9(3)17(4)20(18,19)13-11(15)6-10(14)7-12(13)16/h6-9H,5,16H2,1-4H3. The Morgan fingerprint density at radius 1 is 1.25 bits per heavy atom. The fourth-order valence-corrected chi connectivity index (χ4v) is 5.45. The van der Waals surface area contributed by atoms with Crippen LogP contribution in [0.15, 0.2) is 26.0 Å². The molecule has 0 aliphatic rings. The van der Waals surface area contributed by atoms with Crippen LogP contribution >= 0.6 is 31.9 Å². The van der Waals surface area contributed by atoms with E-state index in [1.165, 1.54) is 4.31 Å². The summed E-state index contributed by atoms with van der Waals surface area (Å²) in [5.74, 6) is 0.424. The summed E-state index contributed by atoms with van der Waals surface area (Å²) in [6.07, 6.45) is 0.795. The third-order valence-electron chi connectivity index (χ3n) is 3.11. The number of benzene rings is 1. The summed E-state index contributed by atoms with van der Waals surface area (Å²) in [5.41, 5.74) is 6.11. The van der Waals surface area contributed by atoms with Gasteiger partial charge >= 0.3 is 0 Å². The smallest absolute Gasteiger partial charge is 0.246 e. The summed E-state index contributed by atoms with van der Waals surface area (Å²) in [7, 11) is -2.03. The molecule has 0 aromatic heterocycles. The zero-order valence-corrected chi connectivity index (χ0v) is 16.0. The largest absolute Gasteiger partial charge is 0.398 e. The minimum atomic E-state index is -3.62. The first-order valence-corrected chi connectivity index (χ1v) is 9.32. The van der Waals surface area contributed by atoms with Crippen LogP contribution in [0.4, 0.5) is 5.69 Å². The van der Waals surface area contributed by atoms with Gasteiger partial charge in [-0.3, -0.25) is 0 Å². The molecule has 0 amide bonds. The molecule has 20 heavy (non-hydrogen) atoms. The van der Waals surface area contributed by atoms with Gasteiger partial charge in [-0.15, -0.1) is 0 Å². The fourth-order valence-electron chi connectivity index (χ4n) is 2.06. The topological polar surface area (TPSA) is 63.4 Å². The van der Waals surface area contributed by atoms with Crippen molar-refractivity contribution < 1.29 is 8.42 Å². The third-order valence-corrected chi connectivity index (χ3v) is 6.54. The Morgan fingerprint density at radius 2 is 1.80 bits per heavy atom. The van der Waals surface area contributed by atoms with Crippen LogP contribution in [0.1, 0.15) is 27.2 Å². The molecule has 1 aromatic rings. The van der Waals surface area contributed by atoms with E-state index in [2.05, 4.69) is 45.7 Å². The second kappa shape index (κ2) is 6.77. The Labute approximate surface area is 138 Å². The summed E-state index contributed by atoms with van der Waals surface area (Å²) in [4.78, 5) is 0.124. The van der Waals surface area contributed by atoms with E-state index in [4.69, 9.17) is 5.73 Å². The molecule has 7 heteroatoms. The van der Waals surface area contributed by atoms with Gasteiger partial charge in [0.25, 0.3) is 0 Å². The fraction of sp³-hybridized carbons (Fsp3) is 0.538. The summed E-state index contributed by atoms with van der Waals surface area (Å²) in [6.45, 7) is 6.04. The lowest BCUT2D eigenvalue weighted by Crippen LogP contribution is -2.36. The first-order chi connectivity index (χ1) is 9.07. The van der Waals surface area contributed by atoms with Gasteiger partial charge in [-0.1, -0.05) is 29.8 Å². The predicted octanol–water partition coefficient (Wildman–Crippen LogP) is 3.85. The first-order valence-electron chi connectivity index (χ1n) is 6.30. The molecular weight excluding hydrogens is 408 g/mol. The maximum Gasteiger partial charge on any atom is 0.246 e. The molecule has 0 aliphatic carbocycles. The normalized spacial score (nSPS) is 14.0. The zero-order chi connectivity index (χ0) is 15.7. The van der Waals surface area contributed by atoms with Crippen molar-refractivity contribution >= 4 is 47.6 Å². The SMILES string of the molecule is CC(C)CC(C)N(C)S(=O)(=O)c1c(N)cc(Br)cc1Br. The van der Waals surface area contributed by atoms with Crippen molar-refractivity contribution in [2.75, 3.05) is 12.8 Å². The number of anilines is 1. The number of rotatable bonds is 5. The lowest BCUT2D eigenvalue weighted by atomic mass is 10.1. The van der Waals surface area contributed by atoms with E-state index in [1.54, 1.807) is 19.2 Å². The molecule has 2 N–H and O–H groups in total. The highest BCUT2D eigenvalue weighted by atomic mass is 79.9. The number of nitrogens with two attached hydrogens (primary N) is 1. The van der Waals surface area contributed by atoms with Gasteiger partial charge in [0.05, 0.1) is 5.69 Å². The Kier molecular flexibility index (Phi) is 6.07. The van der Waals surface area contributed by atoms with Crippen LogP contribution in [-0.4, -0.2) is 25.8 Å². The molecule has 0 heterocycles. The van der Waals surface area contributed by atoms with Crippen molar-refractivity contribution in [3.05, 3.63) is 21.1 Å². The van der Waals surface area contributed by atoms with E-state index in [0.29, 0.717) is 10.4 Å². The molecule has 0 fully saturated rings. The van der Waals surface area contributed by atoms with Gasteiger partial charge in [0.2, 0.25) is 10.0 Å². The molecule has 0 saturated heterocycles. The number of hydrogen-bond donors (Lipinski definition) is 1. The van der Waals surface area contributed by atoms with Crippen LogP contribution in [0.5, 0.6) is 0 Å².